The van der Waals surface area contributed by atoms with E-state index in [1.807, 2.05) is 31.3 Å². The van der Waals surface area contributed by atoms with Crippen LogP contribution in [-0.2, 0) is 6.54 Å². The normalized spacial score (nSPS) is 10.2. The highest BCUT2D eigenvalue weighted by Crippen LogP contribution is 2.32. The highest BCUT2D eigenvalue weighted by molar-refractivity contribution is 5.51. The number of benzene rings is 2. The molecular weight excluding hydrogens is 272 g/mol. The zero-order valence-electron chi connectivity index (χ0n) is 11.8. The molecule has 0 aliphatic heterocycles. The summed E-state index contributed by atoms with van der Waals surface area (Å²) in [5.74, 6) is 1.22. The minimum Gasteiger partial charge on any atom is -0.490 e. The molecule has 0 aliphatic rings. The van der Waals surface area contributed by atoms with Crippen LogP contribution >= 0.6 is 0 Å². The van der Waals surface area contributed by atoms with E-state index < -0.39 is 4.92 Å². The highest BCUT2D eigenvalue weighted by atomic mass is 16.6. The summed E-state index contributed by atoms with van der Waals surface area (Å²) in [6, 6.07) is 12.0. The molecule has 2 aromatic carbocycles. The van der Waals surface area contributed by atoms with Crippen molar-refractivity contribution in [1.82, 2.24) is 5.32 Å². The Kier molecular flexibility index (Phi) is 4.73. The monoisotopic (exact) mass is 288 g/mol. The van der Waals surface area contributed by atoms with Gasteiger partial charge in [-0.1, -0.05) is 12.1 Å². The van der Waals surface area contributed by atoms with Crippen molar-refractivity contribution in [3.8, 4) is 17.2 Å². The molecule has 1 N–H and O–H groups in total. The predicted molar refractivity (Wildman–Crippen MR) is 78.9 cm³/mol. The van der Waals surface area contributed by atoms with Crippen molar-refractivity contribution in [2.75, 3.05) is 14.2 Å². The minimum atomic E-state index is -0.498. The Morgan fingerprint density at radius 1 is 1.14 bits per heavy atom. The third-order valence-corrected chi connectivity index (χ3v) is 2.89. The lowest BCUT2D eigenvalue weighted by atomic mass is 10.2. The van der Waals surface area contributed by atoms with Crippen LogP contribution in [0.5, 0.6) is 17.2 Å². The van der Waals surface area contributed by atoms with Gasteiger partial charge in [0.25, 0.3) is 0 Å². The molecular formula is C15H16N2O4. The molecule has 0 atom stereocenters. The van der Waals surface area contributed by atoms with Gasteiger partial charge in [0.2, 0.25) is 0 Å². The summed E-state index contributed by atoms with van der Waals surface area (Å²) in [6.07, 6.45) is 0. The molecule has 0 amide bonds. The van der Waals surface area contributed by atoms with Crippen molar-refractivity contribution < 1.29 is 14.4 Å². The average molecular weight is 288 g/mol. The van der Waals surface area contributed by atoms with Crippen LogP contribution in [0.4, 0.5) is 5.69 Å². The summed E-state index contributed by atoms with van der Waals surface area (Å²) in [4.78, 5) is 10.5. The van der Waals surface area contributed by atoms with E-state index in [0.717, 1.165) is 12.1 Å². The molecule has 0 fully saturated rings. The summed E-state index contributed by atoms with van der Waals surface area (Å²) in [7, 11) is 3.27. The Balaban J connectivity index is 2.19. The molecule has 21 heavy (non-hydrogen) atoms. The summed E-state index contributed by atoms with van der Waals surface area (Å²) in [5.41, 5.74) is 1.01. The first-order valence-corrected chi connectivity index (χ1v) is 6.38. The van der Waals surface area contributed by atoms with E-state index in [9.17, 15) is 10.1 Å². The number of methoxy groups -OCH3 is 1. The van der Waals surface area contributed by atoms with E-state index in [1.165, 1.54) is 19.2 Å². The van der Waals surface area contributed by atoms with Crippen molar-refractivity contribution in [3.05, 3.63) is 58.1 Å². The first-order chi connectivity index (χ1) is 10.1. The molecule has 0 unspecified atom stereocenters. The number of rotatable bonds is 6. The number of nitro groups is 1. The topological polar surface area (TPSA) is 73.6 Å². The highest BCUT2D eigenvalue weighted by Gasteiger charge is 2.16. The SMILES string of the molecule is CNCc1ccc(Oc2ccc(OC)c([N+](=O)[O-])c2)cc1. The molecule has 110 valence electrons. The fraction of sp³-hybridized carbons (Fsp3) is 0.200. The average Bonchev–Trinajstić information content (AvgIpc) is 2.49. The molecule has 2 aromatic rings. The van der Waals surface area contributed by atoms with Gasteiger partial charge >= 0.3 is 5.69 Å². The molecule has 0 aliphatic carbocycles. The van der Waals surface area contributed by atoms with Crippen LogP contribution < -0.4 is 14.8 Å². The van der Waals surface area contributed by atoms with Gasteiger partial charge in [-0.25, -0.2) is 0 Å². The van der Waals surface area contributed by atoms with Crippen molar-refractivity contribution in [2.24, 2.45) is 0 Å². The lowest BCUT2D eigenvalue weighted by Gasteiger charge is -2.08. The third-order valence-electron chi connectivity index (χ3n) is 2.89. The number of hydrogen-bond donors (Lipinski definition) is 1. The van der Waals surface area contributed by atoms with E-state index in [2.05, 4.69) is 5.32 Å². The van der Waals surface area contributed by atoms with Gasteiger partial charge in [-0.05, 0) is 36.9 Å². The van der Waals surface area contributed by atoms with Crippen LogP contribution in [0.15, 0.2) is 42.5 Å². The van der Waals surface area contributed by atoms with E-state index in [4.69, 9.17) is 9.47 Å². The van der Waals surface area contributed by atoms with Gasteiger partial charge in [0.05, 0.1) is 18.1 Å². The molecule has 0 bridgehead atoms. The summed E-state index contributed by atoms with van der Waals surface area (Å²) in [6.45, 7) is 0.772. The van der Waals surface area contributed by atoms with Gasteiger partial charge in [0.15, 0.2) is 5.75 Å². The van der Waals surface area contributed by atoms with E-state index >= 15 is 0 Å². The van der Waals surface area contributed by atoms with E-state index in [-0.39, 0.29) is 11.4 Å². The second kappa shape index (κ2) is 6.71. The zero-order chi connectivity index (χ0) is 15.2. The number of ether oxygens (including phenoxy) is 2. The largest absolute Gasteiger partial charge is 0.490 e. The Morgan fingerprint density at radius 3 is 2.38 bits per heavy atom. The maximum absolute atomic E-state index is 11.0. The van der Waals surface area contributed by atoms with Crippen molar-refractivity contribution in [2.45, 2.75) is 6.54 Å². The number of nitrogens with zero attached hydrogens (tertiary/aromatic N) is 1. The van der Waals surface area contributed by atoms with Crippen LogP contribution in [0.25, 0.3) is 0 Å². The van der Waals surface area contributed by atoms with Crippen LogP contribution in [0, 0.1) is 10.1 Å². The molecule has 0 spiro atoms. The van der Waals surface area contributed by atoms with Crippen molar-refractivity contribution >= 4 is 5.69 Å². The number of nitro benzene ring substituents is 1. The quantitative estimate of drug-likeness (QED) is 0.653. The number of hydrogen-bond acceptors (Lipinski definition) is 5. The lowest BCUT2D eigenvalue weighted by molar-refractivity contribution is -0.385. The van der Waals surface area contributed by atoms with Crippen LogP contribution in [0.1, 0.15) is 5.56 Å². The fourth-order valence-electron chi connectivity index (χ4n) is 1.89. The first kappa shape index (κ1) is 14.8. The van der Waals surface area contributed by atoms with Crippen molar-refractivity contribution in [1.29, 1.82) is 0 Å². The number of nitrogens with one attached hydrogen (secondary N) is 1. The zero-order valence-corrected chi connectivity index (χ0v) is 11.8. The lowest BCUT2D eigenvalue weighted by Crippen LogP contribution is -2.04. The van der Waals surface area contributed by atoms with Gasteiger partial charge in [-0.2, -0.15) is 0 Å². The van der Waals surface area contributed by atoms with Gasteiger partial charge in [-0.3, -0.25) is 10.1 Å². The summed E-state index contributed by atoms with van der Waals surface area (Å²) < 4.78 is 10.6. The fourth-order valence-corrected chi connectivity index (χ4v) is 1.89. The van der Waals surface area contributed by atoms with Crippen LogP contribution in [0.2, 0.25) is 0 Å². The van der Waals surface area contributed by atoms with E-state index in [1.54, 1.807) is 6.07 Å². The molecule has 0 heterocycles. The predicted octanol–water partition coefficient (Wildman–Crippen LogP) is 3.12. The summed E-state index contributed by atoms with van der Waals surface area (Å²) >= 11 is 0. The van der Waals surface area contributed by atoms with Crippen LogP contribution in [-0.4, -0.2) is 19.1 Å². The van der Waals surface area contributed by atoms with Crippen molar-refractivity contribution in [3.63, 3.8) is 0 Å². The molecule has 0 radical (unpaired) electrons. The minimum absolute atomic E-state index is 0.123. The molecule has 6 nitrogen and oxygen atoms in total. The molecule has 0 saturated carbocycles. The Bertz CT molecular complexity index is 626. The maximum atomic E-state index is 11.0. The van der Waals surface area contributed by atoms with E-state index in [0.29, 0.717) is 11.5 Å². The maximum Gasteiger partial charge on any atom is 0.314 e. The Hall–Kier alpha value is -2.60. The Morgan fingerprint density at radius 2 is 1.81 bits per heavy atom. The molecule has 0 saturated heterocycles. The van der Waals surface area contributed by atoms with Crippen LogP contribution in [0.3, 0.4) is 0 Å². The van der Waals surface area contributed by atoms with Gasteiger partial charge in [-0.15, -0.1) is 0 Å². The van der Waals surface area contributed by atoms with Gasteiger partial charge < -0.3 is 14.8 Å². The molecule has 0 aromatic heterocycles. The third kappa shape index (κ3) is 3.70. The standard InChI is InChI=1S/C15H16N2O4/c1-16-10-11-3-5-12(6-4-11)21-13-7-8-15(20-2)14(9-13)17(18)19/h3-9,16H,10H2,1-2H3. The molecule has 2 rings (SSSR count). The second-order valence-electron chi connectivity index (χ2n) is 4.37. The molecule has 6 heteroatoms. The smallest absolute Gasteiger partial charge is 0.314 e. The van der Waals surface area contributed by atoms with Gasteiger partial charge in [0, 0.05) is 6.54 Å². The second-order valence-corrected chi connectivity index (χ2v) is 4.37. The van der Waals surface area contributed by atoms with Gasteiger partial charge in [0.1, 0.15) is 11.5 Å². The summed E-state index contributed by atoms with van der Waals surface area (Å²) in [5, 5.41) is 14.0. The first-order valence-electron chi connectivity index (χ1n) is 6.38. The Labute approximate surface area is 122 Å².